The zero-order chi connectivity index (χ0) is 15.2. The lowest BCUT2D eigenvalue weighted by molar-refractivity contribution is -0.141. The highest BCUT2D eigenvalue weighted by molar-refractivity contribution is 5.87. The highest BCUT2D eigenvalue weighted by Gasteiger charge is 2.43. The number of hydrogen-bond donors (Lipinski definition) is 1. The van der Waals surface area contributed by atoms with E-state index in [-0.39, 0.29) is 5.91 Å². The summed E-state index contributed by atoms with van der Waals surface area (Å²) in [5.41, 5.74) is 6.47. The fraction of sp³-hybridized carbons (Fsp3) is 0.750. The molecule has 2 fully saturated rings. The predicted octanol–water partition coefficient (Wildman–Crippen LogP) is 1.33. The Labute approximate surface area is 130 Å². The molecule has 1 aliphatic carbocycles. The number of rotatable bonds is 2. The average molecular weight is 305 g/mol. The second kappa shape index (κ2) is 5.35. The summed E-state index contributed by atoms with van der Waals surface area (Å²) in [7, 11) is 0. The Morgan fingerprint density at radius 1 is 1.32 bits per heavy atom. The molecule has 0 bridgehead atoms. The molecule has 0 radical (unpaired) electrons. The van der Waals surface area contributed by atoms with Crippen LogP contribution in [0.4, 0.5) is 0 Å². The second-order valence-electron chi connectivity index (χ2n) is 6.80. The van der Waals surface area contributed by atoms with Gasteiger partial charge in [0.05, 0.1) is 12.1 Å². The van der Waals surface area contributed by atoms with Gasteiger partial charge in [-0.2, -0.15) is 0 Å². The van der Waals surface area contributed by atoms with Crippen molar-refractivity contribution in [1.82, 2.24) is 9.88 Å². The van der Waals surface area contributed by atoms with Gasteiger partial charge in [0.25, 0.3) is 0 Å². The summed E-state index contributed by atoms with van der Waals surface area (Å²) in [5, 5.41) is 0. The maximum atomic E-state index is 12.5. The standard InChI is InChI=1S/C16H23N3O3/c17-16(5-1-6-16)15(20)19-7-2-13-12(10-19)18-14(22-13)11-3-8-21-9-4-11/h11H,1-10,17H2. The van der Waals surface area contributed by atoms with E-state index in [9.17, 15) is 4.79 Å². The molecule has 6 nitrogen and oxygen atoms in total. The Kier molecular flexibility index (Phi) is 3.46. The lowest BCUT2D eigenvalue weighted by atomic mass is 9.76. The molecule has 0 atom stereocenters. The summed E-state index contributed by atoms with van der Waals surface area (Å²) >= 11 is 0. The van der Waals surface area contributed by atoms with Crippen molar-refractivity contribution in [2.45, 2.75) is 56.5 Å². The van der Waals surface area contributed by atoms with Crippen LogP contribution in [0.5, 0.6) is 0 Å². The number of nitrogens with two attached hydrogens (primary N) is 1. The van der Waals surface area contributed by atoms with Crippen molar-refractivity contribution in [1.29, 1.82) is 0 Å². The number of amides is 1. The van der Waals surface area contributed by atoms with Crippen LogP contribution in [0.25, 0.3) is 0 Å². The van der Waals surface area contributed by atoms with Crippen LogP contribution in [0, 0.1) is 0 Å². The quantitative estimate of drug-likeness (QED) is 0.891. The van der Waals surface area contributed by atoms with E-state index in [0.717, 1.165) is 69.1 Å². The van der Waals surface area contributed by atoms with Gasteiger partial charge in [0.2, 0.25) is 5.91 Å². The van der Waals surface area contributed by atoms with Gasteiger partial charge in [-0.25, -0.2) is 4.98 Å². The topological polar surface area (TPSA) is 81.6 Å². The zero-order valence-corrected chi connectivity index (χ0v) is 12.8. The minimum Gasteiger partial charge on any atom is -0.445 e. The van der Waals surface area contributed by atoms with Crippen molar-refractivity contribution in [3.63, 3.8) is 0 Å². The maximum absolute atomic E-state index is 12.5. The molecule has 1 amide bonds. The molecule has 0 aromatic carbocycles. The van der Waals surface area contributed by atoms with Crippen LogP contribution in [0.3, 0.4) is 0 Å². The smallest absolute Gasteiger partial charge is 0.243 e. The monoisotopic (exact) mass is 305 g/mol. The Morgan fingerprint density at radius 3 is 2.77 bits per heavy atom. The third-order valence-electron chi connectivity index (χ3n) is 5.27. The summed E-state index contributed by atoms with van der Waals surface area (Å²) in [6.07, 6.45) is 5.34. The number of fused-ring (bicyclic) bond motifs is 1. The number of oxazole rings is 1. The van der Waals surface area contributed by atoms with Crippen molar-refractivity contribution in [3.05, 3.63) is 17.3 Å². The first-order valence-electron chi connectivity index (χ1n) is 8.30. The first-order valence-corrected chi connectivity index (χ1v) is 8.30. The second-order valence-corrected chi connectivity index (χ2v) is 6.80. The van der Waals surface area contributed by atoms with Crippen LogP contribution in [0.1, 0.15) is 55.4 Å². The summed E-state index contributed by atoms with van der Waals surface area (Å²) in [6.45, 7) is 2.78. The Hall–Kier alpha value is -1.40. The average Bonchev–Trinajstić information content (AvgIpc) is 2.96. The van der Waals surface area contributed by atoms with Crippen LogP contribution in [-0.2, 0) is 22.5 Å². The molecule has 1 saturated carbocycles. The van der Waals surface area contributed by atoms with Gasteiger partial charge >= 0.3 is 0 Å². The Bertz CT molecular complexity index is 573. The first-order chi connectivity index (χ1) is 10.7. The molecular weight excluding hydrogens is 282 g/mol. The SMILES string of the molecule is NC1(C(=O)N2CCc3oc(C4CCOCC4)nc3C2)CCC1. The summed E-state index contributed by atoms with van der Waals surface area (Å²) in [5.74, 6) is 2.22. The molecule has 22 heavy (non-hydrogen) atoms. The van der Waals surface area contributed by atoms with E-state index in [4.69, 9.17) is 14.9 Å². The lowest BCUT2D eigenvalue weighted by Crippen LogP contribution is -2.60. The van der Waals surface area contributed by atoms with Gasteiger partial charge in [-0.15, -0.1) is 0 Å². The molecule has 4 rings (SSSR count). The molecule has 1 aromatic heterocycles. The summed E-state index contributed by atoms with van der Waals surface area (Å²) in [4.78, 5) is 19.1. The van der Waals surface area contributed by atoms with Crippen molar-refractivity contribution in [2.24, 2.45) is 5.73 Å². The van der Waals surface area contributed by atoms with E-state index >= 15 is 0 Å². The van der Waals surface area contributed by atoms with Crippen LogP contribution >= 0.6 is 0 Å². The minimum absolute atomic E-state index is 0.0833. The first kappa shape index (κ1) is 14.2. The van der Waals surface area contributed by atoms with Crippen LogP contribution < -0.4 is 5.73 Å². The number of hydrogen-bond acceptors (Lipinski definition) is 5. The van der Waals surface area contributed by atoms with Gasteiger partial charge in [0.15, 0.2) is 5.89 Å². The van der Waals surface area contributed by atoms with Crippen LogP contribution in [-0.4, -0.2) is 41.1 Å². The highest BCUT2D eigenvalue weighted by atomic mass is 16.5. The number of ether oxygens (including phenoxy) is 1. The number of nitrogens with zero attached hydrogens (tertiary/aromatic N) is 2. The van der Waals surface area contributed by atoms with E-state index < -0.39 is 5.54 Å². The highest BCUT2D eigenvalue weighted by Crippen LogP contribution is 2.34. The number of aromatic nitrogens is 1. The third-order valence-corrected chi connectivity index (χ3v) is 5.27. The van der Waals surface area contributed by atoms with Gasteiger partial charge in [-0.3, -0.25) is 4.79 Å². The molecule has 0 unspecified atom stereocenters. The van der Waals surface area contributed by atoms with Gasteiger partial charge in [0.1, 0.15) is 11.5 Å². The molecule has 6 heteroatoms. The molecule has 120 valence electrons. The predicted molar refractivity (Wildman–Crippen MR) is 79.2 cm³/mol. The fourth-order valence-corrected chi connectivity index (χ4v) is 3.60. The van der Waals surface area contributed by atoms with Crippen LogP contribution in [0.2, 0.25) is 0 Å². The van der Waals surface area contributed by atoms with E-state index in [1.165, 1.54) is 0 Å². The minimum atomic E-state index is -0.620. The van der Waals surface area contributed by atoms with Crippen molar-refractivity contribution < 1.29 is 13.9 Å². The van der Waals surface area contributed by atoms with Crippen molar-refractivity contribution >= 4 is 5.91 Å². The van der Waals surface area contributed by atoms with Gasteiger partial charge < -0.3 is 19.8 Å². The molecule has 3 aliphatic rings. The number of carbonyl (C=O) groups is 1. The molecule has 0 spiro atoms. The van der Waals surface area contributed by atoms with Crippen molar-refractivity contribution in [2.75, 3.05) is 19.8 Å². The molecule has 3 heterocycles. The summed E-state index contributed by atoms with van der Waals surface area (Å²) < 4.78 is 11.4. The molecule has 1 aromatic rings. The summed E-state index contributed by atoms with van der Waals surface area (Å²) in [6, 6.07) is 0. The van der Waals surface area contributed by atoms with Crippen molar-refractivity contribution in [3.8, 4) is 0 Å². The van der Waals surface area contributed by atoms with E-state index in [0.29, 0.717) is 19.0 Å². The van der Waals surface area contributed by atoms with E-state index in [1.54, 1.807) is 0 Å². The van der Waals surface area contributed by atoms with E-state index in [1.807, 2.05) is 4.90 Å². The Morgan fingerprint density at radius 2 is 2.09 bits per heavy atom. The lowest BCUT2D eigenvalue weighted by Gasteiger charge is -2.41. The molecule has 2 aliphatic heterocycles. The normalized spacial score (nSPS) is 24.7. The molecule has 1 saturated heterocycles. The third kappa shape index (κ3) is 2.34. The van der Waals surface area contributed by atoms with Gasteiger partial charge in [-0.05, 0) is 32.1 Å². The number of carbonyl (C=O) groups excluding carboxylic acids is 1. The zero-order valence-electron chi connectivity index (χ0n) is 12.8. The fourth-order valence-electron chi connectivity index (χ4n) is 3.60. The van der Waals surface area contributed by atoms with Gasteiger partial charge in [-0.1, -0.05) is 0 Å². The largest absolute Gasteiger partial charge is 0.445 e. The van der Waals surface area contributed by atoms with E-state index in [2.05, 4.69) is 4.98 Å². The maximum Gasteiger partial charge on any atom is 0.243 e. The van der Waals surface area contributed by atoms with Gasteiger partial charge in [0, 0.05) is 32.1 Å². The molecular formula is C16H23N3O3. The van der Waals surface area contributed by atoms with Crippen LogP contribution in [0.15, 0.2) is 4.42 Å². The molecule has 2 N–H and O–H groups in total. The Balaban J connectivity index is 1.48.